The summed E-state index contributed by atoms with van der Waals surface area (Å²) in [6.07, 6.45) is 0. The molecule has 1 N–H and O–H groups in total. The quantitative estimate of drug-likeness (QED) is 0.729. The molecule has 3 rings (SSSR count). The molecule has 0 aliphatic carbocycles. The first kappa shape index (κ1) is 20.4. The fourth-order valence-corrected chi connectivity index (χ4v) is 4.72. The lowest BCUT2D eigenvalue weighted by Crippen LogP contribution is -3.13. The van der Waals surface area contributed by atoms with Crippen LogP contribution in [-0.2, 0) is 21.3 Å². The van der Waals surface area contributed by atoms with Crippen LogP contribution in [0.5, 0.6) is 0 Å². The number of aryl methyl sites for hydroxylation is 1. The van der Waals surface area contributed by atoms with Gasteiger partial charge in [-0.15, -0.1) is 0 Å². The molecule has 0 amide bonds. The van der Waals surface area contributed by atoms with Crippen LogP contribution in [0, 0.1) is 18.6 Å². The highest BCUT2D eigenvalue weighted by molar-refractivity contribution is 7.89. The molecule has 1 aliphatic heterocycles. The number of quaternary nitrogens is 1. The monoisotopic (exact) mass is 415 g/mol. The number of sulfonamides is 1. The number of nitrogens with zero attached hydrogens (tertiary/aromatic N) is 1. The van der Waals surface area contributed by atoms with Crippen LogP contribution in [0.3, 0.4) is 0 Å². The zero-order valence-electron chi connectivity index (χ0n) is 15.5. The van der Waals surface area contributed by atoms with E-state index in [2.05, 4.69) is 0 Å². The predicted molar refractivity (Wildman–Crippen MR) is 94.3 cm³/mol. The summed E-state index contributed by atoms with van der Waals surface area (Å²) in [6.45, 7) is 3.50. The first-order valence-corrected chi connectivity index (χ1v) is 10.1. The van der Waals surface area contributed by atoms with Gasteiger partial charge in [0.05, 0.1) is 33.3 Å². The Morgan fingerprint density at radius 1 is 1.25 bits per heavy atom. The molecule has 0 atom stereocenters. The molecular formula is C18H21F2N2O5S+. The molecule has 1 fully saturated rings. The minimum Gasteiger partial charge on any atom is -0.465 e. The van der Waals surface area contributed by atoms with Crippen molar-refractivity contribution < 1.29 is 36.0 Å². The van der Waals surface area contributed by atoms with Crippen LogP contribution < -0.4 is 4.90 Å². The van der Waals surface area contributed by atoms with Crippen molar-refractivity contribution in [3.8, 4) is 0 Å². The molecule has 0 saturated carbocycles. The number of nitrogens with one attached hydrogen (secondary N) is 1. The van der Waals surface area contributed by atoms with E-state index in [1.807, 2.05) is 0 Å². The van der Waals surface area contributed by atoms with E-state index in [9.17, 15) is 22.0 Å². The zero-order chi connectivity index (χ0) is 20.5. The number of esters is 1. The molecule has 1 aromatic heterocycles. The van der Waals surface area contributed by atoms with Gasteiger partial charge in [-0.1, -0.05) is 0 Å². The number of rotatable bonds is 5. The van der Waals surface area contributed by atoms with Crippen LogP contribution in [0.25, 0.3) is 0 Å². The highest BCUT2D eigenvalue weighted by Crippen LogP contribution is 2.20. The van der Waals surface area contributed by atoms with Gasteiger partial charge in [-0.3, -0.25) is 0 Å². The van der Waals surface area contributed by atoms with Crippen molar-refractivity contribution in [2.24, 2.45) is 0 Å². The third kappa shape index (κ3) is 4.08. The van der Waals surface area contributed by atoms with E-state index < -0.39 is 32.5 Å². The Hall–Kier alpha value is -2.30. The first-order chi connectivity index (χ1) is 13.2. The number of halogens is 2. The van der Waals surface area contributed by atoms with E-state index >= 15 is 0 Å². The average Bonchev–Trinajstić information content (AvgIpc) is 3.01. The summed E-state index contributed by atoms with van der Waals surface area (Å²) in [5.41, 5.74) is 0.366. The molecule has 1 aromatic carbocycles. The van der Waals surface area contributed by atoms with Gasteiger partial charge in [-0.2, -0.15) is 4.31 Å². The Morgan fingerprint density at radius 3 is 2.54 bits per heavy atom. The second-order valence-electron chi connectivity index (χ2n) is 6.58. The number of hydrogen-bond acceptors (Lipinski definition) is 5. The van der Waals surface area contributed by atoms with Gasteiger partial charge in [0.1, 0.15) is 34.4 Å². The van der Waals surface area contributed by atoms with E-state index in [1.165, 1.54) is 11.4 Å². The maximum atomic E-state index is 13.9. The smallest absolute Gasteiger partial charge is 0.341 e. The van der Waals surface area contributed by atoms with Gasteiger partial charge < -0.3 is 14.1 Å². The Labute approximate surface area is 161 Å². The Kier molecular flexibility index (Phi) is 5.82. The molecular weight excluding hydrogens is 394 g/mol. The zero-order valence-corrected chi connectivity index (χ0v) is 16.3. The van der Waals surface area contributed by atoms with Crippen molar-refractivity contribution in [3.63, 3.8) is 0 Å². The molecule has 0 spiro atoms. The summed E-state index contributed by atoms with van der Waals surface area (Å²) in [4.78, 5) is 12.2. The summed E-state index contributed by atoms with van der Waals surface area (Å²) in [5.74, 6) is -1.33. The summed E-state index contributed by atoms with van der Waals surface area (Å²) in [5, 5.41) is 0. The van der Waals surface area contributed by atoms with Crippen LogP contribution >= 0.6 is 0 Å². The van der Waals surface area contributed by atoms with Crippen molar-refractivity contribution in [2.45, 2.75) is 18.4 Å². The molecule has 1 aliphatic rings. The number of carbonyl (C=O) groups excluding carboxylic acids is 1. The van der Waals surface area contributed by atoms with Gasteiger partial charge in [-0.25, -0.2) is 22.0 Å². The number of piperazine rings is 1. The largest absolute Gasteiger partial charge is 0.465 e. The van der Waals surface area contributed by atoms with Crippen molar-refractivity contribution in [1.29, 1.82) is 0 Å². The SMILES string of the molecule is COC(=O)c1cc(C[NH+]2CCN(S(=O)(=O)c3ccc(F)cc3F)CC2)oc1C. The number of furan rings is 1. The fraction of sp³-hybridized carbons (Fsp3) is 0.389. The van der Waals surface area contributed by atoms with Crippen LogP contribution in [0.2, 0.25) is 0 Å². The maximum Gasteiger partial charge on any atom is 0.341 e. The van der Waals surface area contributed by atoms with Crippen LogP contribution in [0.4, 0.5) is 8.78 Å². The summed E-state index contributed by atoms with van der Waals surface area (Å²) in [7, 11) is -2.73. The van der Waals surface area contributed by atoms with Crippen LogP contribution in [-0.4, -0.2) is 52.0 Å². The number of ether oxygens (including phenoxy) is 1. The van der Waals surface area contributed by atoms with E-state index in [-0.39, 0.29) is 13.1 Å². The highest BCUT2D eigenvalue weighted by atomic mass is 32.2. The van der Waals surface area contributed by atoms with E-state index in [0.29, 0.717) is 42.8 Å². The molecule has 28 heavy (non-hydrogen) atoms. The van der Waals surface area contributed by atoms with E-state index in [0.717, 1.165) is 17.0 Å². The van der Waals surface area contributed by atoms with E-state index in [4.69, 9.17) is 9.15 Å². The maximum absolute atomic E-state index is 13.9. The van der Waals surface area contributed by atoms with Crippen molar-refractivity contribution in [2.75, 3.05) is 33.3 Å². The second kappa shape index (κ2) is 7.98. The van der Waals surface area contributed by atoms with Gasteiger partial charge in [0, 0.05) is 12.1 Å². The summed E-state index contributed by atoms with van der Waals surface area (Å²) >= 11 is 0. The Morgan fingerprint density at radius 2 is 1.93 bits per heavy atom. The topological polar surface area (TPSA) is 81.3 Å². The van der Waals surface area contributed by atoms with Crippen LogP contribution in [0.15, 0.2) is 33.6 Å². The minimum absolute atomic E-state index is 0.192. The molecule has 2 aromatic rings. The standard InChI is InChI=1S/C18H20F2N2O5S/c1-12-15(18(23)26-2)10-14(27-12)11-21-5-7-22(8-6-21)28(24,25)17-4-3-13(19)9-16(17)20/h3-4,9-10H,5-8,11H2,1-2H3/p+1. The van der Waals surface area contributed by atoms with Crippen molar-refractivity contribution >= 4 is 16.0 Å². The molecule has 0 radical (unpaired) electrons. The third-order valence-corrected chi connectivity index (χ3v) is 6.67. The number of carbonyl (C=O) groups is 1. The second-order valence-corrected chi connectivity index (χ2v) is 8.49. The van der Waals surface area contributed by atoms with Crippen LogP contribution in [0.1, 0.15) is 21.9 Å². The lowest BCUT2D eigenvalue weighted by atomic mass is 10.2. The third-order valence-electron chi connectivity index (χ3n) is 4.74. The summed E-state index contributed by atoms with van der Waals surface area (Å²) < 4.78 is 63.7. The van der Waals surface area contributed by atoms with Gasteiger partial charge in [0.15, 0.2) is 5.76 Å². The molecule has 2 heterocycles. The number of hydrogen-bond donors (Lipinski definition) is 1. The lowest BCUT2D eigenvalue weighted by molar-refractivity contribution is -0.918. The minimum atomic E-state index is -4.03. The fourth-order valence-electron chi connectivity index (χ4n) is 3.23. The molecule has 152 valence electrons. The molecule has 1 saturated heterocycles. The number of benzene rings is 1. The average molecular weight is 415 g/mol. The normalized spacial score (nSPS) is 16.3. The molecule has 10 heteroatoms. The number of methoxy groups -OCH3 is 1. The van der Waals surface area contributed by atoms with Crippen molar-refractivity contribution in [3.05, 3.63) is 53.0 Å². The Bertz CT molecular complexity index is 982. The highest BCUT2D eigenvalue weighted by Gasteiger charge is 2.33. The van der Waals surface area contributed by atoms with Gasteiger partial charge in [-0.05, 0) is 19.1 Å². The Balaban J connectivity index is 1.65. The molecule has 0 unspecified atom stereocenters. The predicted octanol–water partition coefficient (Wildman–Crippen LogP) is 0.742. The molecule has 7 nitrogen and oxygen atoms in total. The van der Waals surface area contributed by atoms with Crippen molar-refractivity contribution in [1.82, 2.24) is 4.31 Å². The lowest BCUT2D eigenvalue weighted by Gasteiger charge is -2.31. The summed E-state index contributed by atoms with van der Waals surface area (Å²) in [6, 6.07) is 4.06. The molecule has 0 bridgehead atoms. The first-order valence-electron chi connectivity index (χ1n) is 8.68. The van der Waals surface area contributed by atoms with Gasteiger partial charge >= 0.3 is 5.97 Å². The van der Waals surface area contributed by atoms with Gasteiger partial charge in [0.2, 0.25) is 10.0 Å². The van der Waals surface area contributed by atoms with E-state index in [1.54, 1.807) is 13.0 Å². The van der Waals surface area contributed by atoms with Gasteiger partial charge in [0.25, 0.3) is 0 Å².